The van der Waals surface area contributed by atoms with Gasteiger partial charge in [-0.15, -0.1) is 10.2 Å². The third-order valence-electron chi connectivity index (χ3n) is 4.34. The Hall–Kier alpha value is -1.26. The highest BCUT2D eigenvalue weighted by Gasteiger charge is 2.20. The van der Waals surface area contributed by atoms with Gasteiger partial charge in [0.05, 0.1) is 6.04 Å². The third kappa shape index (κ3) is 3.69. The molecule has 1 aromatic heterocycles. The van der Waals surface area contributed by atoms with Crippen molar-refractivity contribution in [2.45, 2.75) is 44.6 Å². The van der Waals surface area contributed by atoms with Gasteiger partial charge in [-0.3, -0.25) is 0 Å². The maximum absolute atomic E-state index is 4.44. The number of nitrogens with zero attached hydrogens (tertiary/aromatic N) is 2. The Bertz CT molecular complexity index is 546. The summed E-state index contributed by atoms with van der Waals surface area (Å²) in [5.74, 6) is 0.823. The summed E-state index contributed by atoms with van der Waals surface area (Å²) in [6.07, 6.45) is 8.03. The van der Waals surface area contributed by atoms with Crippen molar-refractivity contribution in [3.05, 3.63) is 45.9 Å². The molecule has 1 aliphatic carbocycles. The monoisotopic (exact) mass is 301 g/mol. The molecule has 21 heavy (non-hydrogen) atoms. The van der Waals surface area contributed by atoms with Crippen molar-refractivity contribution in [3.8, 4) is 0 Å². The fourth-order valence-corrected chi connectivity index (χ4v) is 4.28. The maximum atomic E-state index is 4.44. The van der Waals surface area contributed by atoms with Gasteiger partial charge in [-0.25, -0.2) is 0 Å². The van der Waals surface area contributed by atoms with Crippen molar-refractivity contribution in [1.82, 2.24) is 15.5 Å². The second kappa shape index (κ2) is 7.14. The molecule has 0 amide bonds. The lowest BCUT2D eigenvalue weighted by atomic mass is 9.87. The normalized spacial score (nSPS) is 17.8. The SMILES string of the molecule is CNC(c1ccccc1)c1nnc(CC2CCCCC2)s1. The number of nitrogens with one attached hydrogen (secondary N) is 1. The lowest BCUT2D eigenvalue weighted by molar-refractivity contribution is 0.356. The lowest BCUT2D eigenvalue weighted by Gasteiger charge is -2.19. The average molecular weight is 301 g/mol. The van der Waals surface area contributed by atoms with Gasteiger partial charge in [0.15, 0.2) is 0 Å². The van der Waals surface area contributed by atoms with Crippen LogP contribution in [0, 0.1) is 5.92 Å². The third-order valence-corrected chi connectivity index (χ3v) is 5.35. The van der Waals surface area contributed by atoms with Gasteiger partial charge in [0.1, 0.15) is 10.0 Å². The highest BCUT2D eigenvalue weighted by molar-refractivity contribution is 7.11. The van der Waals surface area contributed by atoms with Crippen molar-refractivity contribution in [1.29, 1.82) is 0 Å². The van der Waals surface area contributed by atoms with E-state index in [1.165, 1.54) is 42.7 Å². The minimum Gasteiger partial charge on any atom is -0.307 e. The first-order valence-electron chi connectivity index (χ1n) is 7.91. The van der Waals surface area contributed by atoms with Crippen LogP contribution in [-0.2, 0) is 6.42 Å². The Morgan fingerprint density at radius 3 is 2.62 bits per heavy atom. The van der Waals surface area contributed by atoms with E-state index in [9.17, 15) is 0 Å². The van der Waals surface area contributed by atoms with Crippen LogP contribution in [0.25, 0.3) is 0 Å². The van der Waals surface area contributed by atoms with E-state index in [1.807, 2.05) is 13.1 Å². The molecule has 1 unspecified atom stereocenters. The zero-order chi connectivity index (χ0) is 14.5. The van der Waals surface area contributed by atoms with Crippen molar-refractivity contribution >= 4 is 11.3 Å². The maximum Gasteiger partial charge on any atom is 0.139 e. The summed E-state index contributed by atoms with van der Waals surface area (Å²) >= 11 is 1.77. The molecule has 0 saturated heterocycles. The highest BCUT2D eigenvalue weighted by Crippen LogP contribution is 2.30. The molecular weight excluding hydrogens is 278 g/mol. The zero-order valence-corrected chi connectivity index (χ0v) is 13.4. The van der Waals surface area contributed by atoms with Gasteiger partial charge in [0.25, 0.3) is 0 Å². The van der Waals surface area contributed by atoms with Gasteiger partial charge in [0, 0.05) is 6.42 Å². The largest absolute Gasteiger partial charge is 0.307 e. The molecule has 1 fully saturated rings. The Kier molecular flexibility index (Phi) is 4.99. The quantitative estimate of drug-likeness (QED) is 0.908. The molecule has 1 aromatic carbocycles. The predicted molar refractivity (Wildman–Crippen MR) is 87.5 cm³/mol. The van der Waals surface area contributed by atoms with Crippen molar-refractivity contribution in [2.24, 2.45) is 5.92 Å². The van der Waals surface area contributed by atoms with E-state index in [4.69, 9.17) is 0 Å². The summed E-state index contributed by atoms with van der Waals surface area (Å²) in [6, 6.07) is 10.6. The van der Waals surface area contributed by atoms with Crippen LogP contribution in [0.15, 0.2) is 30.3 Å². The van der Waals surface area contributed by atoms with Crippen LogP contribution in [0.3, 0.4) is 0 Å². The van der Waals surface area contributed by atoms with Crippen molar-refractivity contribution in [3.63, 3.8) is 0 Å². The minimum absolute atomic E-state index is 0.156. The molecule has 3 rings (SSSR count). The molecule has 1 aliphatic rings. The van der Waals surface area contributed by atoms with Crippen molar-refractivity contribution < 1.29 is 0 Å². The van der Waals surface area contributed by atoms with Gasteiger partial charge in [0.2, 0.25) is 0 Å². The van der Waals surface area contributed by atoms with Crippen LogP contribution in [0.1, 0.15) is 53.7 Å². The Labute approximate surface area is 130 Å². The second-order valence-corrected chi connectivity index (χ2v) is 6.97. The van der Waals surface area contributed by atoms with E-state index in [1.54, 1.807) is 11.3 Å². The van der Waals surface area contributed by atoms with Gasteiger partial charge in [-0.2, -0.15) is 0 Å². The van der Waals surface area contributed by atoms with E-state index < -0.39 is 0 Å². The summed E-state index contributed by atoms with van der Waals surface area (Å²) in [5, 5.41) is 14.5. The first-order chi connectivity index (χ1) is 10.4. The summed E-state index contributed by atoms with van der Waals surface area (Å²) in [4.78, 5) is 0. The number of aromatic nitrogens is 2. The van der Waals surface area contributed by atoms with Crippen LogP contribution >= 0.6 is 11.3 Å². The molecule has 0 spiro atoms. The standard InChI is InChI=1S/C17H23N3S/c1-18-16(14-10-6-3-7-11-14)17-20-19-15(21-17)12-13-8-4-2-5-9-13/h3,6-7,10-11,13,16,18H,2,4-5,8-9,12H2,1H3. The number of benzene rings is 1. The zero-order valence-electron chi connectivity index (χ0n) is 12.6. The van der Waals surface area contributed by atoms with E-state index in [0.717, 1.165) is 17.3 Å². The average Bonchev–Trinajstić information content (AvgIpc) is 2.98. The van der Waals surface area contributed by atoms with Gasteiger partial charge in [-0.05, 0) is 18.5 Å². The molecule has 1 heterocycles. The second-order valence-electron chi connectivity index (χ2n) is 5.87. The lowest BCUT2D eigenvalue weighted by Crippen LogP contribution is -2.17. The van der Waals surface area contributed by atoms with Crippen molar-refractivity contribution in [2.75, 3.05) is 7.05 Å². The van der Waals surface area contributed by atoms with E-state index in [-0.39, 0.29) is 6.04 Å². The van der Waals surface area contributed by atoms with Crippen LogP contribution in [-0.4, -0.2) is 17.2 Å². The van der Waals surface area contributed by atoms with E-state index in [2.05, 4.69) is 39.8 Å². The summed E-state index contributed by atoms with van der Waals surface area (Å²) in [6.45, 7) is 0. The Balaban J connectivity index is 1.71. The van der Waals surface area contributed by atoms with E-state index >= 15 is 0 Å². The Morgan fingerprint density at radius 1 is 1.14 bits per heavy atom. The smallest absolute Gasteiger partial charge is 0.139 e. The molecule has 0 aliphatic heterocycles. The first kappa shape index (κ1) is 14.7. The number of hydrogen-bond donors (Lipinski definition) is 1. The fourth-order valence-electron chi connectivity index (χ4n) is 3.18. The van der Waals surface area contributed by atoms with Crippen LogP contribution < -0.4 is 5.32 Å². The fraction of sp³-hybridized carbons (Fsp3) is 0.529. The number of hydrogen-bond acceptors (Lipinski definition) is 4. The van der Waals surface area contributed by atoms with E-state index in [0.29, 0.717) is 0 Å². The first-order valence-corrected chi connectivity index (χ1v) is 8.73. The molecule has 112 valence electrons. The number of rotatable bonds is 5. The van der Waals surface area contributed by atoms with Gasteiger partial charge in [-0.1, -0.05) is 73.8 Å². The molecule has 0 bridgehead atoms. The molecule has 0 radical (unpaired) electrons. The topological polar surface area (TPSA) is 37.8 Å². The molecule has 1 atom stereocenters. The predicted octanol–water partition coefficient (Wildman–Crippen LogP) is 3.97. The molecular formula is C17H23N3S. The summed E-state index contributed by atoms with van der Waals surface area (Å²) in [7, 11) is 1.99. The Morgan fingerprint density at radius 2 is 1.90 bits per heavy atom. The molecule has 2 aromatic rings. The highest BCUT2D eigenvalue weighted by atomic mass is 32.1. The van der Waals surface area contributed by atoms with Crippen LogP contribution in [0.2, 0.25) is 0 Å². The minimum atomic E-state index is 0.156. The molecule has 4 heteroatoms. The molecule has 3 nitrogen and oxygen atoms in total. The van der Waals surface area contributed by atoms with Crippen LogP contribution in [0.4, 0.5) is 0 Å². The van der Waals surface area contributed by atoms with Crippen LogP contribution in [0.5, 0.6) is 0 Å². The summed E-state index contributed by atoms with van der Waals surface area (Å²) in [5.41, 5.74) is 1.25. The van der Waals surface area contributed by atoms with Gasteiger partial charge >= 0.3 is 0 Å². The van der Waals surface area contributed by atoms with Gasteiger partial charge < -0.3 is 5.32 Å². The molecule has 1 N–H and O–H groups in total. The summed E-state index contributed by atoms with van der Waals surface area (Å²) < 4.78 is 0. The molecule has 1 saturated carbocycles.